The van der Waals surface area contributed by atoms with E-state index >= 15 is 0 Å². The van der Waals surface area contributed by atoms with Gasteiger partial charge in [-0.05, 0) is 11.5 Å². The Labute approximate surface area is 89.8 Å². The van der Waals surface area contributed by atoms with Gasteiger partial charge >= 0.3 is 0 Å². The summed E-state index contributed by atoms with van der Waals surface area (Å²) in [5.41, 5.74) is 0.278. The molecule has 0 unspecified atom stereocenters. The van der Waals surface area contributed by atoms with Crippen LogP contribution < -0.4 is 10.6 Å². The third-order valence-electron chi connectivity index (χ3n) is 1.45. The fourth-order valence-electron chi connectivity index (χ4n) is 0.737. The summed E-state index contributed by atoms with van der Waals surface area (Å²) in [6.07, 6.45) is 0. The number of likely N-dealkylation sites (N-methyl/N-ethyl adjacent to an activating group) is 1. The van der Waals surface area contributed by atoms with E-state index in [0.717, 1.165) is 11.5 Å². The normalized spacial score (nSPS) is 9.21. The van der Waals surface area contributed by atoms with E-state index in [9.17, 15) is 4.79 Å². The fourth-order valence-corrected chi connectivity index (χ4v) is 1.67. The van der Waals surface area contributed by atoms with E-state index in [1.807, 2.05) is 6.07 Å². The summed E-state index contributed by atoms with van der Waals surface area (Å²) >= 11 is 6.69. The summed E-state index contributed by atoms with van der Waals surface area (Å²) in [4.78, 5) is 10.9. The molecule has 1 rings (SSSR count). The zero-order valence-electron chi connectivity index (χ0n) is 7.30. The number of hydrogen-bond acceptors (Lipinski definition) is 5. The predicted octanol–water partition coefficient (Wildman–Crippen LogP) is 0.826. The van der Waals surface area contributed by atoms with Gasteiger partial charge in [-0.25, -0.2) is 0 Å². The van der Waals surface area contributed by atoms with Crippen LogP contribution in [0.25, 0.3) is 0 Å². The number of halogens is 1. The molecule has 1 aromatic heterocycles. The number of nitrogens with one attached hydrogen (secondary N) is 2. The summed E-state index contributed by atoms with van der Waals surface area (Å²) < 4.78 is 3.78. The van der Waals surface area contributed by atoms with Gasteiger partial charge in [0.1, 0.15) is 16.6 Å². The molecule has 0 radical (unpaired) electrons. The van der Waals surface area contributed by atoms with Gasteiger partial charge in [-0.2, -0.15) is 9.64 Å². The standard InChI is InChI=1S/C7H7ClN4OS/c1-10-5(13)3-11-7-4(2-9)6(8)12-14-7/h11H,3H2,1H3,(H,10,13). The van der Waals surface area contributed by atoms with Gasteiger partial charge in [0.25, 0.3) is 0 Å². The summed E-state index contributed by atoms with van der Waals surface area (Å²) in [6, 6.07) is 1.91. The van der Waals surface area contributed by atoms with E-state index < -0.39 is 0 Å². The van der Waals surface area contributed by atoms with Crippen LogP contribution >= 0.6 is 23.1 Å². The number of nitrogens with zero attached hydrogens (tertiary/aromatic N) is 2. The number of carbonyl (C=O) groups excluding carboxylic acids is 1. The van der Waals surface area contributed by atoms with Crippen LogP contribution in [0.4, 0.5) is 5.00 Å². The van der Waals surface area contributed by atoms with Crippen LogP contribution in [0.2, 0.25) is 5.15 Å². The largest absolute Gasteiger partial charge is 0.365 e. The highest BCUT2D eigenvalue weighted by Gasteiger charge is 2.11. The molecule has 2 N–H and O–H groups in total. The molecular formula is C7H7ClN4OS. The Balaban J connectivity index is 2.68. The van der Waals surface area contributed by atoms with Gasteiger partial charge < -0.3 is 10.6 Å². The Morgan fingerprint density at radius 1 is 1.79 bits per heavy atom. The van der Waals surface area contributed by atoms with Crippen molar-refractivity contribution in [3.8, 4) is 6.07 Å². The SMILES string of the molecule is CNC(=O)CNc1snc(Cl)c1C#N. The van der Waals surface area contributed by atoms with E-state index in [1.165, 1.54) is 7.05 Å². The summed E-state index contributed by atoms with van der Waals surface area (Å²) in [6.45, 7) is 0.101. The maximum Gasteiger partial charge on any atom is 0.239 e. The highest BCUT2D eigenvalue weighted by molar-refractivity contribution is 7.10. The van der Waals surface area contributed by atoms with Crippen LogP contribution in [-0.2, 0) is 4.79 Å². The molecule has 7 heteroatoms. The molecule has 1 aromatic rings. The van der Waals surface area contributed by atoms with E-state index in [2.05, 4.69) is 15.0 Å². The molecule has 0 atom stereocenters. The van der Waals surface area contributed by atoms with Crippen molar-refractivity contribution in [3.63, 3.8) is 0 Å². The number of aromatic nitrogens is 1. The Morgan fingerprint density at radius 3 is 3.07 bits per heavy atom. The lowest BCUT2D eigenvalue weighted by Crippen LogP contribution is -2.26. The summed E-state index contributed by atoms with van der Waals surface area (Å²) in [5, 5.41) is 14.6. The minimum absolute atomic E-state index is 0.101. The molecule has 1 amide bonds. The molecule has 0 aliphatic heterocycles. The van der Waals surface area contributed by atoms with Crippen molar-refractivity contribution in [2.24, 2.45) is 0 Å². The van der Waals surface area contributed by atoms with Crippen LogP contribution in [0.15, 0.2) is 0 Å². The quantitative estimate of drug-likeness (QED) is 0.806. The van der Waals surface area contributed by atoms with Crippen molar-refractivity contribution in [2.45, 2.75) is 0 Å². The van der Waals surface area contributed by atoms with E-state index in [4.69, 9.17) is 16.9 Å². The number of hydrogen-bond donors (Lipinski definition) is 2. The molecule has 0 spiro atoms. The lowest BCUT2D eigenvalue weighted by atomic mass is 10.4. The average Bonchev–Trinajstić information content (AvgIpc) is 2.55. The van der Waals surface area contributed by atoms with Crippen molar-refractivity contribution in [3.05, 3.63) is 10.7 Å². The second-order valence-corrected chi connectivity index (χ2v) is 3.45. The maximum absolute atomic E-state index is 10.9. The second-order valence-electron chi connectivity index (χ2n) is 2.32. The number of carbonyl (C=O) groups is 1. The number of nitriles is 1. The van der Waals surface area contributed by atoms with E-state index in [0.29, 0.717) is 5.00 Å². The maximum atomic E-state index is 10.9. The van der Waals surface area contributed by atoms with Crippen LogP contribution in [0.3, 0.4) is 0 Å². The van der Waals surface area contributed by atoms with Crippen molar-refractivity contribution in [1.82, 2.24) is 9.69 Å². The highest BCUT2D eigenvalue weighted by atomic mass is 35.5. The number of anilines is 1. The number of amides is 1. The highest BCUT2D eigenvalue weighted by Crippen LogP contribution is 2.26. The molecule has 5 nitrogen and oxygen atoms in total. The van der Waals surface area contributed by atoms with Gasteiger partial charge in [-0.1, -0.05) is 11.6 Å². The zero-order chi connectivity index (χ0) is 10.6. The minimum Gasteiger partial charge on any atom is -0.365 e. The molecule has 1 heterocycles. The monoisotopic (exact) mass is 230 g/mol. The first-order valence-corrected chi connectivity index (χ1v) is 4.84. The molecule has 14 heavy (non-hydrogen) atoms. The first kappa shape index (κ1) is 10.8. The van der Waals surface area contributed by atoms with Gasteiger partial charge in [0.15, 0.2) is 5.15 Å². The zero-order valence-corrected chi connectivity index (χ0v) is 8.87. The third-order valence-corrected chi connectivity index (χ3v) is 2.63. The van der Waals surface area contributed by atoms with Crippen molar-refractivity contribution in [1.29, 1.82) is 5.26 Å². The second kappa shape index (κ2) is 4.79. The summed E-state index contributed by atoms with van der Waals surface area (Å²) in [7, 11) is 1.54. The van der Waals surface area contributed by atoms with E-state index in [-0.39, 0.29) is 23.2 Å². The molecule has 0 fully saturated rings. The average molecular weight is 231 g/mol. The predicted molar refractivity (Wildman–Crippen MR) is 54.4 cm³/mol. The minimum atomic E-state index is -0.168. The van der Waals surface area contributed by atoms with E-state index in [1.54, 1.807) is 0 Å². The smallest absolute Gasteiger partial charge is 0.239 e. The lowest BCUT2D eigenvalue weighted by molar-refractivity contribution is -0.118. The molecule has 0 saturated heterocycles. The van der Waals surface area contributed by atoms with Crippen LogP contribution in [0, 0.1) is 11.3 Å². The van der Waals surface area contributed by atoms with Gasteiger partial charge in [-0.15, -0.1) is 0 Å². The Bertz CT molecular complexity index is 384. The Morgan fingerprint density at radius 2 is 2.50 bits per heavy atom. The lowest BCUT2D eigenvalue weighted by Gasteiger charge is -2.01. The third kappa shape index (κ3) is 2.34. The van der Waals surface area contributed by atoms with Crippen molar-refractivity contribution < 1.29 is 4.79 Å². The molecular weight excluding hydrogens is 224 g/mol. The molecule has 0 aliphatic rings. The number of rotatable bonds is 3. The van der Waals surface area contributed by atoms with Crippen LogP contribution in [-0.4, -0.2) is 23.9 Å². The molecule has 0 aliphatic carbocycles. The van der Waals surface area contributed by atoms with Gasteiger partial charge in [0.05, 0.1) is 6.54 Å². The molecule has 74 valence electrons. The van der Waals surface area contributed by atoms with Gasteiger partial charge in [0, 0.05) is 7.05 Å². The van der Waals surface area contributed by atoms with Crippen molar-refractivity contribution in [2.75, 3.05) is 18.9 Å². The summed E-state index contributed by atoms with van der Waals surface area (Å²) in [5.74, 6) is -0.168. The fraction of sp³-hybridized carbons (Fsp3) is 0.286. The molecule has 0 aromatic carbocycles. The first-order valence-electron chi connectivity index (χ1n) is 3.68. The Hall–Kier alpha value is -1.32. The Kier molecular flexibility index (Phi) is 3.68. The van der Waals surface area contributed by atoms with Crippen LogP contribution in [0.1, 0.15) is 5.56 Å². The van der Waals surface area contributed by atoms with Gasteiger partial charge in [0.2, 0.25) is 5.91 Å². The van der Waals surface area contributed by atoms with Crippen molar-refractivity contribution >= 4 is 34.0 Å². The topological polar surface area (TPSA) is 77.8 Å². The van der Waals surface area contributed by atoms with Gasteiger partial charge in [-0.3, -0.25) is 4.79 Å². The molecule has 0 saturated carbocycles. The molecule has 0 bridgehead atoms. The van der Waals surface area contributed by atoms with Crippen LogP contribution in [0.5, 0.6) is 0 Å². The first-order chi connectivity index (χ1) is 6.69.